The highest BCUT2D eigenvalue weighted by atomic mass is 32.1. The number of nitrogens with zero attached hydrogens (tertiary/aromatic N) is 4. The predicted octanol–water partition coefficient (Wildman–Crippen LogP) is 3.09. The third-order valence-corrected chi connectivity index (χ3v) is 6.00. The van der Waals surface area contributed by atoms with Crippen LogP contribution in [0.25, 0.3) is 32.6 Å². The van der Waals surface area contributed by atoms with Crippen molar-refractivity contribution in [2.24, 2.45) is 5.92 Å². The highest BCUT2D eigenvalue weighted by Gasteiger charge is 2.25. The second-order valence-corrected chi connectivity index (χ2v) is 7.60. The Morgan fingerprint density at radius 2 is 2.12 bits per heavy atom. The Labute approximate surface area is 153 Å². The molecule has 8 heteroatoms. The summed E-state index contributed by atoms with van der Waals surface area (Å²) in [7, 11) is 0. The van der Waals surface area contributed by atoms with E-state index in [9.17, 15) is 5.11 Å². The van der Waals surface area contributed by atoms with E-state index in [1.807, 2.05) is 18.2 Å². The fraction of sp³-hybridized carbons (Fsp3) is 0.333. The molecular formula is C18H17N5O2S. The molecule has 0 aromatic carbocycles. The van der Waals surface area contributed by atoms with Gasteiger partial charge < -0.3 is 9.84 Å². The molecule has 1 fully saturated rings. The summed E-state index contributed by atoms with van der Waals surface area (Å²) in [5, 5.41) is 22.3. The number of ether oxygens (including phenoxy) is 1. The van der Waals surface area contributed by atoms with E-state index in [1.165, 1.54) is 0 Å². The summed E-state index contributed by atoms with van der Waals surface area (Å²) >= 11 is 1.56. The van der Waals surface area contributed by atoms with E-state index in [1.54, 1.807) is 17.5 Å². The fourth-order valence-corrected chi connectivity index (χ4v) is 4.50. The second-order valence-electron chi connectivity index (χ2n) is 6.54. The molecule has 4 aromatic heterocycles. The Bertz CT molecular complexity index is 1070. The summed E-state index contributed by atoms with van der Waals surface area (Å²) < 4.78 is 5.40. The molecule has 1 atom stereocenters. The van der Waals surface area contributed by atoms with Crippen molar-refractivity contribution >= 4 is 32.7 Å². The highest BCUT2D eigenvalue weighted by Crippen LogP contribution is 2.37. The number of aromatic amines is 1. The van der Waals surface area contributed by atoms with Crippen molar-refractivity contribution < 1.29 is 9.84 Å². The third-order valence-electron chi connectivity index (χ3n) is 4.88. The number of nitrogens with one attached hydrogen (secondary N) is 1. The fourth-order valence-electron chi connectivity index (χ4n) is 3.39. The Balaban J connectivity index is 1.49. The van der Waals surface area contributed by atoms with Crippen LogP contribution in [0.4, 0.5) is 0 Å². The summed E-state index contributed by atoms with van der Waals surface area (Å²) in [6.07, 6.45) is 3.12. The Hall–Kier alpha value is -2.42. The number of pyridine rings is 2. The monoisotopic (exact) mass is 367 g/mol. The van der Waals surface area contributed by atoms with Crippen molar-refractivity contribution in [2.45, 2.75) is 18.9 Å². The number of aliphatic hydroxyl groups is 1. The third kappa shape index (κ3) is 2.76. The standard InChI is InChI=1S/C18H17N5O2S/c24-16(10-3-5-25-6-4-10)15-8-11-1-2-13(20-18(11)26-15)12-7-14-17(19-9-12)22-23-21-14/h1-2,7-10,16,24H,3-6H2,(H,19,21,22,23)/t16-/m1/s1. The molecule has 0 unspecified atom stereocenters. The smallest absolute Gasteiger partial charge is 0.175 e. The van der Waals surface area contributed by atoms with Crippen molar-refractivity contribution in [3.05, 3.63) is 35.3 Å². The van der Waals surface area contributed by atoms with Gasteiger partial charge in [0.1, 0.15) is 10.3 Å². The first kappa shape index (κ1) is 15.8. The minimum Gasteiger partial charge on any atom is -0.387 e. The molecule has 5 rings (SSSR count). The van der Waals surface area contributed by atoms with E-state index in [-0.39, 0.29) is 5.92 Å². The molecule has 0 amide bonds. The SMILES string of the molecule is O[C@@H](c1cc2ccc(-c3cnc4[nH]nnc4c3)nc2s1)C1CCOCC1. The number of fused-ring (bicyclic) bond motifs is 2. The highest BCUT2D eigenvalue weighted by molar-refractivity contribution is 7.18. The Morgan fingerprint density at radius 1 is 1.23 bits per heavy atom. The summed E-state index contributed by atoms with van der Waals surface area (Å²) in [5.74, 6) is 0.259. The van der Waals surface area contributed by atoms with E-state index >= 15 is 0 Å². The van der Waals surface area contributed by atoms with Crippen LogP contribution in [-0.4, -0.2) is 43.7 Å². The second kappa shape index (κ2) is 6.39. The number of H-pyrrole nitrogens is 1. The predicted molar refractivity (Wildman–Crippen MR) is 98.8 cm³/mol. The van der Waals surface area contributed by atoms with Crippen molar-refractivity contribution in [2.75, 3.05) is 13.2 Å². The molecule has 2 N–H and O–H groups in total. The van der Waals surface area contributed by atoms with E-state index in [0.717, 1.165) is 52.4 Å². The van der Waals surface area contributed by atoms with Crippen LogP contribution in [0.5, 0.6) is 0 Å². The van der Waals surface area contributed by atoms with Crippen molar-refractivity contribution in [1.29, 1.82) is 0 Å². The lowest BCUT2D eigenvalue weighted by Crippen LogP contribution is -2.21. The quantitative estimate of drug-likeness (QED) is 0.578. The number of hydrogen-bond acceptors (Lipinski definition) is 7. The minimum atomic E-state index is -0.449. The molecular weight excluding hydrogens is 350 g/mol. The molecule has 7 nitrogen and oxygen atoms in total. The molecule has 1 aliphatic heterocycles. The van der Waals surface area contributed by atoms with Crippen LogP contribution in [-0.2, 0) is 4.74 Å². The average Bonchev–Trinajstić information content (AvgIpc) is 3.33. The average molecular weight is 367 g/mol. The lowest BCUT2D eigenvalue weighted by atomic mass is 9.93. The zero-order chi connectivity index (χ0) is 17.5. The maximum atomic E-state index is 10.7. The van der Waals surface area contributed by atoms with E-state index in [4.69, 9.17) is 9.72 Å². The van der Waals surface area contributed by atoms with E-state index in [0.29, 0.717) is 11.2 Å². The van der Waals surface area contributed by atoms with E-state index < -0.39 is 6.10 Å². The van der Waals surface area contributed by atoms with Crippen molar-refractivity contribution in [3.63, 3.8) is 0 Å². The van der Waals surface area contributed by atoms with Crippen LogP contribution in [0, 0.1) is 5.92 Å². The topological polar surface area (TPSA) is 96.8 Å². The molecule has 1 saturated heterocycles. The van der Waals surface area contributed by atoms with Gasteiger partial charge in [0.25, 0.3) is 0 Å². The molecule has 5 heterocycles. The summed E-state index contributed by atoms with van der Waals surface area (Å²) in [6.45, 7) is 1.46. The zero-order valence-electron chi connectivity index (χ0n) is 13.9. The number of thiophene rings is 1. The molecule has 0 spiro atoms. The molecule has 4 aromatic rings. The van der Waals surface area contributed by atoms with Crippen LogP contribution in [0.3, 0.4) is 0 Å². The molecule has 0 aliphatic carbocycles. The molecule has 26 heavy (non-hydrogen) atoms. The first-order valence-electron chi connectivity index (χ1n) is 8.61. The molecule has 0 bridgehead atoms. The van der Waals surface area contributed by atoms with Gasteiger partial charge in [-0.3, -0.25) is 0 Å². The number of rotatable bonds is 3. The van der Waals surface area contributed by atoms with Gasteiger partial charge in [0.15, 0.2) is 5.65 Å². The number of aromatic nitrogens is 5. The maximum absolute atomic E-state index is 10.7. The normalized spacial score (nSPS) is 17.1. The van der Waals surface area contributed by atoms with Crippen LogP contribution in [0.2, 0.25) is 0 Å². The van der Waals surface area contributed by atoms with Crippen LogP contribution in [0.1, 0.15) is 23.8 Å². The Kier molecular flexibility index (Phi) is 3.88. The number of aliphatic hydroxyl groups excluding tert-OH is 1. The lowest BCUT2D eigenvalue weighted by molar-refractivity contribution is 0.00856. The zero-order valence-corrected chi connectivity index (χ0v) is 14.7. The Morgan fingerprint density at radius 3 is 3.00 bits per heavy atom. The summed E-state index contributed by atoms with van der Waals surface area (Å²) in [6, 6.07) is 7.99. The first-order valence-corrected chi connectivity index (χ1v) is 9.43. The van der Waals surface area contributed by atoms with Crippen LogP contribution >= 0.6 is 11.3 Å². The van der Waals surface area contributed by atoms with Gasteiger partial charge in [-0.1, -0.05) is 5.21 Å². The van der Waals surface area contributed by atoms with Crippen LogP contribution < -0.4 is 0 Å². The van der Waals surface area contributed by atoms with Gasteiger partial charge in [0.2, 0.25) is 0 Å². The van der Waals surface area contributed by atoms with Gasteiger partial charge in [-0.25, -0.2) is 15.1 Å². The van der Waals surface area contributed by atoms with Crippen molar-refractivity contribution in [3.8, 4) is 11.3 Å². The first-order chi connectivity index (χ1) is 12.8. The van der Waals surface area contributed by atoms with Crippen molar-refractivity contribution in [1.82, 2.24) is 25.4 Å². The summed E-state index contributed by atoms with van der Waals surface area (Å²) in [4.78, 5) is 11.0. The molecule has 132 valence electrons. The minimum absolute atomic E-state index is 0.259. The lowest BCUT2D eigenvalue weighted by Gasteiger charge is -2.25. The molecule has 0 saturated carbocycles. The molecule has 0 radical (unpaired) electrons. The summed E-state index contributed by atoms with van der Waals surface area (Å²) in [5.41, 5.74) is 3.11. The van der Waals surface area contributed by atoms with Gasteiger partial charge in [-0.2, -0.15) is 0 Å². The van der Waals surface area contributed by atoms with Gasteiger partial charge in [-0.15, -0.1) is 16.4 Å². The van der Waals surface area contributed by atoms with E-state index in [2.05, 4.69) is 26.5 Å². The van der Waals surface area contributed by atoms with Gasteiger partial charge in [-0.05, 0) is 43.0 Å². The number of hydrogen-bond donors (Lipinski definition) is 2. The van der Waals surface area contributed by atoms with Crippen LogP contribution in [0.15, 0.2) is 30.5 Å². The van der Waals surface area contributed by atoms with Gasteiger partial charge >= 0.3 is 0 Å². The van der Waals surface area contributed by atoms with Gasteiger partial charge in [0.05, 0.1) is 11.8 Å². The van der Waals surface area contributed by atoms with Gasteiger partial charge in [0, 0.05) is 35.2 Å². The molecule has 1 aliphatic rings. The maximum Gasteiger partial charge on any atom is 0.175 e. The largest absolute Gasteiger partial charge is 0.387 e.